The minimum Gasteiger partial charge on any atom is -0.354 e. The molecule has 4 rings (SSSR count). The summed E-state index contributed by atoms with van der Waals surface area (Å²) in [5, 5.41) is 4.26. The van der Waals surface area contributed by atoms with E-state index >= 15 is 0 Å². The second-order valence-electron chi connectivity index (χ2n) is 6.80. The summed E-state index contributed by atoms with van der Waals surface area (Å²) < 4.78 is 1.42. The SMILES string of the molecule is O=C(Cn1cnc2sc3c(c2c1=O)CCCC3)NCCc1cccc(Cl)c1. The van der Waals surface area contributed by atoms with E-state index in [0.29, 0.717) is 23.4 Å². The summed E-state index contributed by atoms with van der Waals surface area (Å²) in [6.45, 7) is 0.486. The van der Waals surface area contributed by atoms with Gasteiger partial charge in [-0.2, -0.15) is 0 Å². The number of aryl methyl sites for hydroxylation is 2. The van der Waals surface area contributed by atoms with Gasteiger partial charge in [0, 0.05) is 16.4 Å². The zero-order valence-electron chi connectivity index (χ0n) is 14.8. The van der Waals surface area contributed by atoms with E-state index in [1.807, 2.05) is 24.3 Å². The monoisotopic (exact) mass is 401 g/mol. The number of fused-ring (bicyclic) bond motifs is 3. The van der Waals surface area contributed by atoms with Crippen LogP contribution in [0.4, 0.5) is 0 Å². The lowest BCUT2D eigenvalue weighted by Crippen LogP contribution is -2.33. The molecule has 2 aromatic heterocycles. The van der Waals surface area contributed by atoms with Crippen LogP contribution in [0, 0.1) is 0 Å². The van der Waals surface area contributed by atoms with Crippen molar-refractivity contribution in [2.75, 3.05) is 6.54 Å². The summed E-state index contributed by atoms with van der Waals surface area (Å²) in [6, 6.07) is 7.57. The number of carbonyl (C=O) groups excluding carboxylic acids is 1. The highest BCUT2D eigenvalue weighted by Crippen LogP contribution is 2.33. The van der Waals surface area contributed by atoms with E-state index in [2.05, 4.69) is 10.3 Å². The van der Waals surface area contributed by atoms with Gasteiger partial charge in [-0.3, -0.25) is 14.2 Å². The molecule has 1 aliphatic rings. The van der Waals surface area contributed by atoms with Gasteiger partial charge in [0.2, 0.25) is 5.91 Å². The summed E-state index contributed by atoms with van der Waals surface area (Å²) >= 11 is 7.59. The van der Waals surface area contributed by atoms with Crippen molar-refractivity contribution < 1.29 is 4.79 Å². The molecule has 0 atom stereocenters. The maximum absolute atomic E-state index is 12.9. The van der Waals surface area contributed by atoms with E-state index in [9.17, 15) is 9.59 Å². The van der Waals surface area contributed by atoms with Crippen molar-refractivity contribution in [2.45, 2.75) is 38.6 Å². The fourth-order valence-corrected chi connectivity index (χ4v) is 4.98. The molecule has 0 bridgehead atoms. The largest absolute Gasteiger partial charge is 0.354 e. The Labute approximate surface area is 166 Å². The molecule has 0 aliphatic heterocycles. The number of halogens is 1. The molecule has 1 amide bonds. The molecule has 0 fully saturated rings. The molecule has 0 saturated carbocycles. The minimum absolute atomic E-state index is 0.0120. The predicted molar refractivity (Wildman–Crippen MR) is 109 cm³/mol. The molecule has 7 heteroatoms. The van der Waals surface area contributed by atoms with Gasteiger partial charge in [-0.15, -0.1) is 11.3 Å². The highest BCUT2D eigenvalue weighted by molar-refractivity contribution is 7.18. The third-order valence-corrected chi connectivity index (χ3v) is 6.32. The minimum atomic E-state index is -0.190. The van der Waals surface area contributed by atoms with E-state index in [4.69, 9.17) is 11.6 Å². The highest BCUT2D eigenvalue weighted by atomic mass is 35.5. The van der Waals surface area contributed by atoms with Gasteiger partial charge in [-0.25, -0.2) is 4.98 Å². The van der Waals surface area contributed by atoms with Gasteiger partial charge in [0.05, 0.1) is 11.7 Å². The first-order valence-corrected chi connectivity index (χ1v) is 10.3. The molecule has 1 aliphatic carbocycles. The molecule has 1 aromatic carbocycles. The molecular weight excluding hydrogens is 382 g/mol. The lowest BCUT2D eigenvalue weighted by molar-refractivity contribution is -0.121. The van der Waals surface area contributed by atoms with Crippen molar-refractivity contribution in [2.24, 2.45) is 0 Å². The van der Waals surface area contributed by atoms with E-state index in [1.165, 1.54) is 22.2 Å². The van der Waals surface area contributed by atoms with Crippen molar-refractivity contribution in [3.63, 3.8) is 0 Å². The maximum atomic E-state index is 12.9. The average molecular weight is 402 g/mol. The second kappa shape index (κ2) is 7.82. The molecule has 1 N–H and O–H groups in total. The quantitative estimate of drug-likeness (QED) is 0.713. The van der Waals surface area contributed by atoms with Crippen LogP contribution < -0.4 is 10.9 Å². The first-order valence-electron chi connectivity index (χ1n) is 9.12. The van der Waals surface area contributed by atoms with E-state index in [-0.39, 0.29) is 18.0 Å². The van der Waals surface area contributed by atoms with Crippen LogP contribution in [0.1, 0.15) is 28.8 Å². The Morgan fingerprint density at radius 3 is 3.00 bits per heavy atom. The Morgan fingerprint density at radius 2 is 2.15 bits per heavy atom. The molecule has 0 unspecified atom stereocenters. The van der Waals surface area contributed by atoms with Crippen molar-refractivity contribution >= 4 is 39.1 Å². The Morgan fingerprint density at radius 1 is 1.30 bits per heavy atom. The first-order chi connectivity index (χ1) is 13.1. The molecule has 140 valence electrons. The third kappa shape index (κ3) is 3.92. The molecule has 27 heavy (non-hydrogen) atoms. The molecule has 3 aromatic rings. The number of hydrogen-bond donors (Lipinski definition) is 1. The van der Waals surface area contributed by atoms with Gasteiger partial charge >= 0.3 is 0 Å². The van der Waals surface area contributed by atoms with Crippen LogP contribution in [0.25, 0.3) is 10.2 Å². The Hall–Kier alpha value is -2.18. The maximum Gasteiger partial charge on any atom is 0.262 e. The van der Waals surface area contributed by atoms with Gasteiger partial charge in [0.25, 0.3) is 5.56 Å². The molecule has 5 nitrogen and oxygen atoms in total. The average Bonchev–Trinajstić information content (AvgIpc) is 3.03. The zero-order valence-corrected chi connectivity index (χ0v) is 16.4. The third-order valence-electron chi connectivity index (χ3n) is 4.88. The number of thiophene rings is 1. The van der Waals surface area contributed by atoms with Crippen molar-refractivity contribution in [1.29, 1.82) is 0 Å². The first kappa shape index (κ1) is 18.2. The lowest BCUT2D eigenvalue weighted by atomic mass is 9.97. The Kier molecular flexibility index (Phi) is 5.27. The predicted octanol–water partition coefficient (Wildman–Crippen LogP) is 3.35. The number of benzene rings is 1. The number of aromatic nitrogens is 2. The molecular formula is C20H20ClN3O2S. The highest BCUT2D eigenvalue weighted by Gasteiger charge is 2.20. The summed E-state index contributed by atoms with van der Waals surface area (Å²) in [4.78, 5) is 31.6. The van der Waals surface area contributed by atoms with Crippen LogP contribution in [0.3, 0.4) is 0 Å². The van der Waals surface area contributed by atoms with Crippen LogP contribution in [0.15, 0.2) is 35.4 Å². The lowest BCUT2D eigenvalue weighted by Gasteiger charge is -2.10. The normalized spacial score (nSPS) is 13.5. The van der Waals surface area contributed by atoms with Gasteiger partial charge in [0.15, 0.2) is 0 Å². The van der Waals surface area contributed by atoms with Crippen LogP contribution in [-0.4, -0.2) is 22.0 Å². The Bertz CT molecular complexity index is 1060. The molecule has 0 saturated heterocycles. The van der Waals surface area contributed by atoms with E-state index in [0.717, 1.165) is 35.2 Å². The van der Waals surface area contributed by atoms with Crippen molar-refractivity contribution in [3.05, 3.63) is 62.0 Å². The number of nitrogens with zero attached hydrogens (tertiary/aromatic N) is 2. The molecule has 2 heterocycles. The smallest absolute Gasteiger partial charge is 0.262 e. The summed E-state index contributed by atoms with van der Waals surface area (Å²) in [5.74, 6) is -0.190. The number of amides is 1. The van der Waals surface area contributed by atoms with Crippen LogP contribution in [0.2, 0.25) is 5.02 Å². The topological polar surface area (TPSA) is 64.0 Å². The fraction of sp³-hybridized carbons (Fsp3) is 0.350. The standard InChI is InChI=1S/C20H20ClN3O2S/c21-14-5-3-4-13(10-14)8-9-22-17(25)11-24-12-23-19-18(20(24)26)15-6-1-2-7-16(15)27-19/h3-5,10,12H,1-2,6-9,11H2,(H,22,25). The van der Waals surface area contributed by atoms with Crippen LogP contribution in [-0.2, 0) is 30.6 Å². The summed E-state index contributed by atoms with van der Waals surface area (Å²) in [7, 11) is 0. The number of carbonyl (C=O) groups is 1. The summed E-state index contributed by atoms with van der Waals surface area (Å²) in [5.41, 5.74) is 2.10. The van der Waals surface area contributed by atoms with Crippen LogP contribution in [0.5, 0.6) is 0 Å². The van der Waals surface area contributed by atoms with Gasteiger partial charge in [-0.1, -0.05) is 23.7 Å². The van der Waals surface area contributed by atoms with Gasteiger partial charge in [0.1, 0.15) is 11.4 Å². The van der Waals surface area contributed by atoms with Crippen molar-refractivity contribution in [1.82, 2.24) is 14.9 Å². The second-order valence-corrected chi connectivity index (χ2v) is 8.32. The number of rotatable bonds is 5. The van der Waals surface area contributed by atoms with Crippen molar-refractivity contribution in [3.8, 4) is 0 Å². The summed E-state index contributed by atoms with van der Waals surface area (Å²) in [6.07, 6.45) is 6.42. The van der Waals surface area contributed by atoms with Gasteiger partial charge in [-0.05, 0) is 55.4 Å². The van der Waals surface area contributed by atoms with Gasteiger partial charge < -0.3 is 5.32 Å². The number of hydrogen-bond acceptors (Lipinski definition) is 4. The van der Waals surface area contributed by atoms with E-state index in [1.54, 1.807) is 11.3 Å². The molecule has 0 spiro atoms. The van der Waals surface area contributed by atoms with E-state index < -0.39 is 0 Å². The van der Waals surface area contributed by atoms with Crippen LogP contribution >= 0.6 is 22.9 Å². The number of nitrogens with one attached hydrogen (secondary N) is 1. The Balaban J connectivity index is 1.44. The zero-order chi connectivity index (χ0) is 18.8. The fourth-order valence-electron chi connectivity index (χ4n) is 3.54. The molecule has 0 radical (unpaired) electrons.